The molecule has 0 N–H and O–H groups in total. The second kappa shape index (κ2) is 9.04. The van der Waals surface area contributed by atoms with E-state index in [1.54, 1.807) is 18.0 Å². The molecular weight excluding hydrogens is 388 g/mol. The van der Waals surface area contributed by atoms with E-state index in [1.165, 1.54) is 11.8 Å². The predicted octanol–water partition coefficient (Wildman–Crippen LogP) is 2.91. The van der Waals surface area contributed by atoms with Crippen LogP contribution in [0, 0.1) is 0 Å². The van der Waals surface area contributed by atoms with Gasteiger partial charge in [0.05, 0.1) is 24.6 Å². The van der Waals surface area contributed by atoms with Crippen molar-refractivity contribution in [3.63, 3.8) is 0 Å². The number of piperidine rings is 1. The highest BCUT2D eigenvalue weighted by Crippen LogP contribution is 2.31. The van der Waals surface area contributed by atoms with Crippen LogP contribution >= 0.6 is 11.8 Å². The third-order valence-corrected chi connectivity index (χ3v) is 5.88. The molecule has 0 bridgehead atoms. The molecule has 4 rings (SSSR count). The minimum Gasteiger partial charge on any atom is -0.497 e. The molecule has 2 aromatic heterocycles. The Morgan fingerprint density at radius 2 is 2.10 bits per heavy atom. The molecule has 1 atom stereocenters. The molecule has 1 amide bonds. The van der Waals surface area contributed by atoms with Crippen molar-refractivity contribution in [3.05, 3.63) is 54.4 Å². The predicted molar refractivity (Wildman–Crippen MR) is 109 cm³/mol. The van der Waals surface area contributed by atoms with E-state index in [4.69, 9.17) is 4.74 Å². The monoisotopic (exact) mass is 410 g/mol. The molecule has 0 spiro atoms. The summed E-state index contributed by atoms with van der Waals surface area (Å²) >= 11 is 1.35. The maximum atomic E-state index is 13.0. The van der Waals surface area contributed by atoms with E-state index in [-0.39, 0.29) is 17.7 Å². The van der Waals surface area contributed by atoms with Crippen molar-refractivity contribution in [2.45, 2.75) is 30.5 Å². The quantitative estimate of drug-likeness (QED) is 0.578. The van der Waals surface area contributed by atoms with Crippen molar-refractivity contribution >= 4 is 17.7 Å². The summed E-state index contributed by atoms with van der Waals surface area (Å²) in [5, 5.41) is 12.5. The largest absolute Gasteiger partial charge is 0.497 e. The van der Waals surface area contributed by atoms with E-state index in [2.05, 4.69) is 20.5 Å². The first-order chi connectivity index (χ1) is 14.3. The van der Waals surface area contributed by atoms with Gasteiger partial charge in [0.1, 0.15) is 5.75 Å². The normalized spacial score (nSPS) is 16.6. The topological polar surface area (TPSA) is 86.0 Å². The third kappa shape index (κ3) is 4.40. The molecule has 9 heteroatoms. The number of methoxy groups -OCH3 is 1. The smallest absolute Gasteiger partial charge is 0.233 e. The van der Waals surface area contributed by atoms with Crippen molar-refractivity contribution in [2.75, 3.05) is 19.4 Å². The molecule has 0 aliphatic carbocycles. The first-order valence-electron chi connectivity index (χ1n) is 9.51. The SMILES string of the molecule is COc1ccc(-n2nnnc2SCC(=O)N2CCCCC2c2cccnc2)cc1. The lowest BCUT2D eigenvalue weighted by molar-refractivity contribution is -0.132. The van der Waals surface area contributed by atoms with E-state index < -0.39 is 0 Å². The Labute approximate surface area is 173 Å². The highest BCUT2D eigenvalue weighted by molar-refractivity contribution is 7.99. The summed E-state index contributed by atoms with van der Waals surface area (Å²) in [6.07, 6.45) is 6.72. The molecule has 1 aliphatic rings. The van der Waals surface area contributed by atoms with Crippen LogP contribution in [0.15, 0.2) is 53.9 Å². The summed E-state index contributed by atoms with van der Waals surface area (Å²) in [6.45, 7) is 0.766. The number of likely N-dealkylation sites (tertiary alicyclic amines) is 1. The number of pyridine rings is 1. The van der Waals surface area contributed by atoms with Crippen LogP contribution in [0.3, 0.4) is 0 Å². The summed E-state index contributed by atoms with van der Waals surface area (Å²) in [6, 6.07) is 11.5. The van der Waals surface area contributed by atoms with E-state index in [1.807, 2.05) is 47.5 Å². The fourth-order valence-corrected chi connectivity index (χ4v) is 4.29. The average Bonchev–Trinajstić information content (AvgIpc) is 3.27. The summed E-state index contributed by atoms with van der Waals surface area (Å²) in [5.41, 5.74) is 1.91. The zero-order valence-corrected chi connectivity index (χ0v) is 17.0. The minimum absolute atomic E-state index is 0.0862. The van der Waals surface area contributed by atoms with Gasteiger partial charge in [0.15, 0.2) is 0 Å². The van der Waals surface area contributed by atoms with Crippen LogP contribution in [0.5, 0.6) is 5.75 Å². The lowest BCUT2D eigenvalue weighted by Gasteiger charge is -2.36. The Hall–Kier alpha value is -2.94. The van der Waals surface area contributed by atoms with Crippen molar-refractivity contribution in [3.8, 4) is 11.4 Å². The number of rotatable bonds is 6. The van der Waals surface area contributed by atoms with E-state index >= 15 is 0 Å². The molecule has 0 radical (unpaired) electrons. The second-order valence-corrected chi connectivity index (χ2v) is 7.69. The van der Waals surface area contributed by atoms with Crippen molar-refractivity contribution in [1.29, 1.82) is 0 Å². The number of benzene rings is 1. The molecule has 3 aromatic rings. The maximum Gasteiger partial charge on any atom is 0.233 e. The van der Waals surface area contributed by atoms with Crippen LogP contribution in [0.25, 0.3) is 5.69 Å². The number of thioether (sulfide) groups is 1. The van der Waals surface area contributed by atoms with Crippen LogP contribution in [-0.2, 0) is 4.79 Å². The molecule has 29 heavy (non-hydrogen) atoms. The molecule has 8 nitrogen and oxygen atoms in total. The first-order valence-corrected chi connectivity index (χ1v) is 10.5. The number of nitrogens with zero attached hydrogens (tertiary/aromatic N) is 6. The molecular formula is C20H22N6O2S. The van der Waals surface area contributed by atoms with Gasteiger partial charge in [0, 0.05) is 18.9 Å². The fraction of sp³-hybridized carbons (Fsp3) is 0.350. The Kier molecular flexibility index (Phi) is 6.04. The number of carbonyl (C=O) groups excluding carboxylic acids is 1. The second-order valence-electron chi connectivity index (χ2n) is 6.75. The number of aromatic nitrogens is 5. The molecule has 0 saturated carbocycles. The zero-order chi connectivity index (χ0) is 20.1. The van der Waals surface area contributed by atoms with Gasteiger partial charge in [-0.15, -0.1) is 5.10 Å². The fourth-order valence-electron chi connectivity index (χ4n) is 3.51. The van der Waals surface area contributed by atoms with Gasteiger partial charge in [-0.3, -0.25) is 9.78 Å². The highest BCUT2D eigenvalue weighted by Gasteiger charge is 2.28. The lowest BCUT2D eigenvalue weighted by atomic mass is 9.96. The van der Waals surface area contributed by atoms with Gasteiger partial charge in [0.2, 0.25) is 11.1 Å². The number of hydrogen-bond acceptors (Lipinski definition) is 7. The number of carbonyl (C=O) groups is 1. The summed E-state index contributed by atoms with van der Waals surface area (Å²) in [4.78, 5) is 19.2. The van der Waals surface area contributed by atoms with Crippen molar-refractivity contribution in [1.82, 2.24) is 30.1 Å². The number of amides is 1. The molecule has 1 aliphatic heterocycles. The van der Waals surface area contributed by atoms with Gasteiger partial charge in [-0.1, -0.05) is 17.8 Å². The van der Waals surface area contributed by atoms with Crippen LogP contribution in [0.1, 0.15) is 30.9 Å². The van der Waals surface area contributed by atoms with Crippen LogP contribution < -0.4 is 4.74 Å². The molecule has 150 valence electrons. The van der Waals surface area contributed by atoms with Gasteiger partial charge >= 0.3 is 0 Å². The summed E-state index contributed by atoms with van der Waals surface area (Å²) < 4.78 is 6.82. The summed E-state index contributed by atoms with van der Waals surface area (Å²) in [7, 11) is 1.62. The first kappa shape index (κ1) is 19.4. The maximum absolute atomic E-state index is 13.0. The Bertz CT molecular complexity index is 947. The summed E-state index contributed by atoms with van der Waals surface area (Å²) in [5.74, 6) is 1.14. The number of tetrazole rings is 1. The van der Waals surface area contributed by atoms with Crippen LogP contribution in [0.4, 0.5) is 0 Å². The highest BCUT2D eigenvalue weighted by atomic mass is 32.2. The Balaban J connectivity index is 1.45. The van der Waals surface area contributed by atoms with E-state index in [9.17, 15) is 4.79 Å². The van der Waals surface area contributed by atoms with Crippen molar-refractivity contribution in [2.24, 2.45) is 0 Å². The van der Waals surface area contributed by atoms with Gasteiger partial charge < -0.3 is 9.64 Å². The van der Waals surface area contributed by atoms with E-state index in [0.717, 1.165) is 42.8 Å². The Morgan fingerprint density at radius 3 is 2.86 bits per heavy atom. The molecule has 1 saturated heterocycles. The third-order valence-electron chi connectivity index (χ3n) is 4.97. The molecule has 1 fully saturated rings. The standard InChI is InChI=1S/C20H22N6O2S/c1-28-17-9-7-16(8-10-17)26-20(22-23-24-26)29-14-19(27)25-12-3-2-6-18(25)15-5-4-11-21-13-15/h4-5,7-11,13,18H,2-3,6,12,14H2,1H3. The van der Waals surface area contributed by atoms with Gasteiger partial charge in [-0.2, -0.15) is 4.68 Å². The molecule has 1 unspecified atom stereocenters. The Morgan fingerprint density at radius 1 is 1.24 bits per heavy atom. The average molecular weight is 411 g/mol. The van der Waals surface area contributed by atoms with Gasteiger partial charge in [-0.05, 0) is 65.6 Å². The van der Waals surface area contributed by atoms with Gasteiger partial charge in [-0.25, -0.2) is 0 Å². The molecule has 1 aromatic carbocycles. The number of hydrogen-bond donors (Lipinski definition) is 0. The number of ether oxygens (including phenoxy) is 1. The van der Waals surface area contributed by atoms with Crippen molar-refractivity contribution < 1.29 is 9.53 Å². The zero-order valence-electron chi connectivity index (χ0n) is 16.1. The van der Waals surface area contributed by atoms with E-state index in [0.29, 0.717) is 5.16 Å². The van der Waals surface area contributed by atoms with Crippen LogP contribution in [0.2, 0.25) is 0 Å². The minimum atomic E-state index is 0.0862. The van der Waals surface area contributed by atoms with Crippen LogP contribution in [-0.4, -0.2) is 55.4 Å². The van der Waals surface area contributed by atoms with Gasteiger partial charge in [0.25, 0.3) is 0 Å². The lowest BCUT2D eigenvalue weighted by Crippen LogP contribution is -2.39. The molecule has 3 heterocycles.